The van der Waals surface area contributed by atoms with Gasteiger partial charge in [-0.2, -0.15) is 0 Å². The van der Waals surface area contributed by atoms with Crippen molar-refractivity contribution < 1.29 is 0 Å². The zero-order chi connectivity index (χ0) is 11.1. The molecule has 1 heteroatoms. The van der Waals surface area contributed by atoms with Crippen LogP contribution in [0.1, 0.15) is 51.9 Å². The van der Waals surface area contributed by atoms with Gasteiger partial charge < -0.3 is 4.99 Å². The highest BCUT2D eigenvalue weighted by molar-refractivity contribution is 5.23. The number of aliphatic imine (C=N–C) groups is 1. The van der Waals surface area contributed by atoms with E-state index in [1.54, 1.807) is 0 Å². The Kier molecular flexibility index (Phi) is 5.07. The highest BCUT2D eigenvalue weighted by Crippen LogP contribution is 2.37. The van der Waals surface area contributed by atoms with E-state index in [4.69, 9.17) is 0 Å². The smallest absolute Gasteiger partial charge is 0.0438 e. The molecule has 0 amide bonds. The molecule has 1 nitrogen and oxygen atoms in total. The molecule has 1 atom stereocenters. The summed E-state index contributed by atoms with van der Waals surface area (Å²) in [7, 11) is 0. The van der Waals surface area contributed by atoms with Crippen LogP contribution in [0.2, 0.25) is 0 Å². The minimum atomic E-state index is 0.311. The first-order valence-electron chi connectivity index (χ1n) is 6.23. The number of nitrogens with zero attached hydrogens (tertiary/aromatic N) is 1. The fraction of sp³-hybridized carbons (Fsp3) is 0.786. The summed E-state index contributed by atoms with van der Waals surface area (Å²) in [5, 5.41) is 0. The fourth-order valence-electron chi connectivity index (χ4n) is 2.92. The zero-order valence-corrected chi connectivity index (χ0v) is 10.2. The maximum absolute atomic E-state index is 4.09. The summed E-state index contributed by atoms with van der Waals surface area (Å²) in [6.45, 7) is 10.7. The van der Waals surface area contributed by atoms with Crippen LogP contribution in [0, 0.1) is 11.3 Å². The highest BCUT2D eigenvalue weighted by atomic mass is 14.7. The Morgan fingerprint density at radius 3 is 2.53 bits per heavy atom. The van der Waals surface area contributed by atoms with Crippen LogP contribution in [-0.4, -0.2) is 13.3 Å². The quantitative estimate of drug-likeness (QED) is 0.456. The van der Waals surface area contributed by atoms with Gasteiger partial charge in [0.2, 0.25) is 0 Å². The molecular weight excluding hydrogens is 182 g/mol. The number of allylic oxidation sites excluding steroid dienone is 1. The predicted molar refractivity (Wildman–Crippen MR) is 68.5 cm³/mol. The fourth-order valence-corrected chi connectivity index (χ4v) is 2.92. The Hall–Kier alpha value is -0.590. The summed E-state index contributed by atoms with van der Waals surface area (Å²) < 4.78 is 0. The molecule has 0 spiro atoms. The largest absolute Gasteiger partial charge is 0.300 e. The molecule has 0 aromatic heterocycles. The standard InChI is InChI=1S/C14H25N/c1-4-10-14(2,12-15-3)11-13-8-6-5-7-9-13/h4,13H,1,3,5-12H2,2H3. The van der Waals surface area contributed by atoms with Gasteiger partial charge in [0.15, 0.2) is 0 Å². The molecule has 0 saturated heterocycles. The average molecular weight is 207 g/mol. The molecule has 1 saturated carbocycles. The second-order valence-corrected chi connectivity index (χ2v) is 5.39. The van der Waals surface area contributed by atoms with Crippen LogP contribution < -0.4 is 0 Å². The van der Waals surface area contributed by atoms with Crippen molar-refractivity contribution in [2.45, 2.75) is 51.9 Å². The molecular formula is C14H25N. The van der Waals surface area contributed by atoms with Gasteiger partial charge in [-0.1, -0.05) is 45.1 Å². The van der Waals surface area contributed by atoms with Crippen LogP contribution in [0.15, 0.2) is 17.6 Å². The highest BCUT2D eigenvalue weighted by Gasteiger charge is 2.27. The molecule has 0 bridgehead atoms. The van der Waals surface area contributed by atoms with E-state index in [1.165, 1.54) is 38.5 Å². The first-order valence-corrected chi connectivity index (χ1v) is 6.23. The third kappa shape index (κ3) is 4.19. The molecule has 1 aliphatic carbocycles. The molecule has 0 aromatic carbocycles. The lowest BCUT2D eigenvalue weighted by Crippen LogP contribution is -2.24. The van der Waals surface area contributed by atoms with Crippen molar-refractivity contribution in [1.82, 2.24) is 0 Å². The summed E-state index contributed by atoms with van der Waals surface area (Å²) in [6.07, 6.45) is 11.5. The summed E-state index contributed by atoms with van der Waals surface area (Å²) in [4.78, 5) is 4.09. The van der Waals surface area contributed by atoms with Gasteiger partial charge in [0.25, 0.3) is 0 Å². The zero-order valence-electron chi connectivity index (χ0n) is 10.2. The summed E-state index contributed by atoms with van der Waals surface area (Å²) in [5.74, 6) is 0.922. The average Bonchev–Trinajstić information content (AvgIpc) is 2.19. The van der Waals surface area contributed by atoms with Gasteiger partial charge in [0.1, 0.15) is 0 Å². The van der Waals surface area contributed by atoms with E-state index in [0.717, 1.165) is 18.9 Å². The molecule has 0 heterocycles. The van der Waals surface area contributed by atoms with Gasteiger partial charge in [-0.15, -0.1) is 6.58 Å². The van der Waals surface area contributed by atoms with E-state index in [0.29, 0.717) is 5.41 Å². The number of rotatable bonds is 6. The molecule has 15 heavy (non-hydrogen) atoms. The number of hydrogen-bond donors (Lipinski definition) is 0. The Labute approximate surface area is 94.7 Å². The van der Waals surface area contributed by atoms with Gasteiger partial charge in [0, 0.05) is 6.54 Å². The first-order chi connectivity index (χ1) is 7.20. The lowest BCUT2D eigenvalue weighted by molar-refractivity contribution is 0.212. The minimum absolute atomic E-state index is 0.311. The van der Waals surface area contributed by atoms with Crippen LogP contribution in [0.5, 0.6) is 0 Å². The normalized spacial score (nSPS) is 21.9. The summed E-state index contributed by atoms with van der Waals surface area (Å²) in [6, 6.07) is 0. The summed E-state index contributed by atoms with van der Waals surface area (Å²) in [5.41, 5.74) is 0.311. The topological polar surface area (TPSA) is 12.4 Å². The second-order valence-electron chi connectivity index (χ2n) is 5.39. The lowest BCUT2D eigenvalue weighted by atomic mass is 9.74. The van der Waals surface area contributed by atoms with Crippen LogP contribution in [-0.2, 0) is 0 Å². The Bertz CT molecular complexity index is 191. The van der Waals surface area contributed by atoms with Crippen molar-refractivity contribution in [1.29, 1.82) is 0 Å². The van der Waals surface area contributed by atoms with Crippen LogP contribution in [0.3, 0.4) is 0 Å². The van der Waals surface area contributed by atoms with Crippen molar-refractivity contribution in [3.63, 3.8) is 0 Å². The molecule has 1 rings (SSSR count). The van der Waals surface area contributed by atoms with Gasteiger partial charge in [-0.05, 0) is 30.9 Å². The van der Waals surface area contributed by atoms with E-state index in [1.807, 2.05) is 6.08 Å². The van der Waals surface area contributed by atoms with E-state index in [9.17, 15) is 0 Å². The predicted octanol–water partition coefficient (Wildman–Crippen LogP) is 4.24. The van der Waals surface area contributed by atoms with Crippen molar-refractivity contribution in [3.05, 3.63) is 12.7 Å². The molecule has 0 aromatic rings. The Balaban J connectivity index is 2.47. The van der Waals surface area contributed by atoms with Gasteiger partial charge in [0.05, 0.1) is 0 Å². The second kappa shape index (κ2) is 6.09. The van der Waals surface area contributed by atoms with E-state index >= 15 is 0 Å². The molecule has 1 aliphatic rings. The van der Waals surface area contributed by atoms with E-state index in [2.05, 4.69) is 25.2 Å². The maximum Gasteiger partial charge on any atom is 0.0438 e. The SMILES string of the molecule is C=CCC(C)(CN=C)CC1CCCCC1. The van der Waals surface area contributed by atoms with Crippen molar-refractivity contribution >= 4 is 6.72 Å². The molecule has 1 unspecified atom stereocenters. The molecule has 1 fully saturated rings. The molecule has 0 radical (unpaired) electrons. The Morgan fingerprint density at radius 2 is 2.00 bits per heavy atom. The van der Waals surface area contributed by atoms with E-state index in [-0.39, 0.29) is 0 Å². The van der Waals surface area contributed by atoms with Gasteiger partial charge in [-0.3, -0.25) is 0 Å². The monoisotopic (exact) mass is 207 g/mol. The van der Waals surface area contributed by atoms with Crippen LogP contribution in [0.4, 0.5) is 0 Å². The maximum atomic E-state index is 4.09. The molecule has 86 valence electrons. The first kappa shape index (κ1) is 12.5. The minimum Gasteiger partial charge on any atom is -0.300 e. The van der Waals surface area contributed by atoms with Gasteiger partial charge in [-0.25, -0.2) is 0 Å². The Morgan fingerprint density at radius 1 is 1.33 bits per heavy atom. The van der Waals surface area contributed by atoms with Crippen molar-refractivity contribution in [3.8, 4) is 0 Å². The third-order valence-corrected chi connectivity index (χ3v) is 3.64. The lowest BCUT2D eigenvalue weighted by Gasteiger charge is -2.33. The molecule has 0 aliphatic heterocycles. The third-order valence-electron chi connectivity index (χ3n) is 3.64. The van der Waals surface area contributed by atoms with Crippen molar-refractivity contribution in [2.75, 3.05) is 6.54 Å². The van der Waals surface area contributed by atoms with E-state index < -0.39 is 0 Å². The number of hydrogen-bond acceptors (Lipinski definition) is 1. The van der Waals surface area contributed by atoms with Crippen molar-refractivity contribution in [2.24, 2.45) is 16.3 Å². The van der Waals surface area contributed by atoms with Crippen LogP contribution in [0.25, 0.3) is 0 Å². The summed E-state index contributed by atoms with van der Waals surface area (Å²) >= 11 is 0. The molecule has 0 N–H and O–H groups in total. The van der Waals surface area contributed by atoms with Gasteiger partial charge >= 0.3 is 0 Å². The van der Waals surface area contributed by atoms with Crippen LogP contribution >= 0.6 is 0 Å².